The number of hydrogen-bond donors (Lipinski definition) is 1. The van der Waals surface area contributed by atoms with Gasteiger partial charge in [-0.15, -0.1) is 0 Å². The van der Waals surface area contributed by atoms with Gasteiger partial charge in [0.15, 0.2) is 5.82 Å². The van der Waals surface area contributed by atoms with Crippen molar-refractivity contribution in [2.24, 2.45) is 0 Å². The first-order chi connectivity index (χ1) is 10.8. The number of carbonyl (C=O) groups is 1. The van der Waals surface area contributed by atoms with E-state index in [-0.39, 0.29) is 24.0 Å². The number of ether oxygens (including phenoxy) is 2. The second-order valence-electron chi connectivity index (χ2n) is 6.10. The van der Waals surface area contributed by atoms with Crippen LogP contribution in [0.5, 0.6) is 0 Å². The molecule has 2 aliphatic heterocycles. The summed E-state index contributed by atoms with van der Waals surface area (Å²) >= 11 is 0. The van der Waals surface area contributed by atoms with E-state index in [2.05, 4.69) is 14.7 Å². The second-order valence-corrected chi connectivity index (χ2v) is 7.85. The lowest BCUT2D eigenvalue weighted by molar-refractivity contribution is -0.155. The highest BCUT2D eigenvalue weighted by molar-refractivity contribution is 7.92. The van der Waals surface area contributed by atoms with Gasteiger partial charge in [-0.2, -0.15) is 0 Å². The van der Waals surface area contributed by atoms with Crippen molar-refractivity contribution in [1.29, 1.82) is 0 Å². The summed E-state index contributed by atoms with van der Waals surface area (Å²) in [5.74, 6) is -0.296. The van der Waals surface area contributed by atoms with Gasteiger partial charge >= 0.3 is 5.97 Å². The smallest absolute Gasteiger partial charge is 0.318 e. The van der Waals surface area contributed by atoms with E-state index in [1.165, 1.54) is 19.5 Å². The first-order valence-electron chi connectivity index (χ1n) is 7.36. The lowest BCUT2D eigenvalue weighted by Gasteiger charge is -2.37. The summed E-state index contributed by atoms with van der Waals surface area (Å²) in [5, 5.41) is 0. The molecule has 2 atom stereocenters. The first kappa shape index (κ1) is 16.1. The number of esters is 1. The van der Waals surface area contributed by atoms with E-state index in [0.29, 0.717) is 18.5 Å². The highest BCUT2D eigenvalue weighted by Gasteiger charge is 2.52. The van der Waals surface area contributed by atoms with Crippen LogP contribution in [0.1, 0.15) is 31.4 Å². The van der Waals surface area contributed by atoms with Gasteiger partial charge in [0.05, 0.1) is 37.5 Å². The molecule has 8 nitrogen and oxygen atoms in total. The Kier molecular flexibility index (Phi) is 4.01. The highest BCUT2D eigenvalue weighted by Crippen LogP contribution is 2.45. The number of nitrogens with one attached hydrogen (secondary N) is 1. The van der Waals surface area contributed by atoms with Crippen LogP contribution in [0.4, 0.5) is 5.82 Å². The van der Waals surface area contributed by atoms with Gasteiger partial charge in [-0.25, -0.2) is 13.4 Å². The molecule has 3 heterocycles. The number of aromatic nitrogens is 2. The summed E-state index contributed by atoms with van der Waals surface area (Å²) in [6.07, 6.45) is 6.55. The number of sulfonamides is 1. The zero-order valence-electron chi connectivity index (χ0n) is 13.0. The first-order valence-corrected chi connectivity index (χ1v) is 9.26. The van der Waals surface area contributed by atoms with E-state index in [0.717, 1.165) is 19.1 Å². The van der Waals surface area contributed by atoms with Crippen LogP contribution in [-0.2, 0) is 29.7 Å². The molecule has 0 spiro atoms. The number of carbonyl (C=O) groups excluding carboxylic acids is 1. The summed E-state index contributed by atoms with van der Waals surface area (Å²) in [4.78, 5) is 20.9. The average molecular weight is 341 g/mol. The van der Waals surface area contributed by atoms with Gasteiger partial charge < -0.3 is 9.47 Å². The van der Waals surface area contributed by atoms with Crippen molar-refractivity contribution in [2.45, 2.75) is 43.3 Å². The van der Waals surface area contributed by atoms with Crippen molar-refractivity contribution < 1.29 is 22.7 Å². The van der Waals surface area contributed by atoms with E-state index in [4.69, 9.17) is 9.47 Å². The molecule has 0 saturated carbocycles. The van der Waals surface area contributed by atoms with Crippen molar-refractivity contribution in [3.63, 3.8) is 0 Å². The molecule has 2 saturated heterocycles. The molecule has 2 unspecified atom stereocenters. The Morgan fingerprint density at radius 3 is 2.57 bits per heavy atom. The molecule has 1 aromatic rings. The van der Waals surface area contributed by atoms with Crippen molar-refractivity contribution in [3.05, 3.63) is 18.1 Å². The number of hydrogen-bond acceptors (Lipinski definition) is 7. The molecule has 3 rings (SSSR count). The summed E-state index contributed by atoms with van der Waals surface area (Å²) in [6.45, 7) is 0. The maximum Gasteiger partial charge on any atom is 0.318 e. The number of rotatable bonds is 4. The van der Waals surface area contributed by atoms with Crippen LogP contribution in [0.15, 0.2) is 12.4 Å². The van der Waals surface area contributed by atoms with Crippen molar-refractivity contribution in [1.82, 2.24) is 9.97 Å². The van der Waals surface area contributed by atoms with Crippen LogP contribution < -0.4 is 4.72 Å². The molecule has 0 aliphatic carbocycles. The topological polar surface area (TPSA) is 107 Å². The Hall–Kier alpha value is -1.74. The Balaban J connectivity index is 2.01. The minimum absolute atomic E-state index is 0.0128. The van der Waals surface area contributed by atoms with Crippen LogP contribution >= 0.6 is 0 Å². The van der Waals surface area contributed by atoms with Gasteiger partial charge in [-0.1, -0.05) is 0 Å². The van der Waals surface area contributed by atoms with Crippen LogP contribution in [0.2, 0.25) is 0 Å². The van der Waals surface area contributed by atoms with E-state index < -0.39 is 15.4 Å². The molecule has 2 aliphatic rings. The molecular formula is C14H19N3O5S. The lowest BCUT2D eigenvalue weighted by Crippen LogP contribution is -2.46. The molecule has 0 radical (unpaired) electrons. The van der Waals surface area contributed by atoms with Crippen LogP contribution in [0, 0.1) is 0 Å². The fourth-order valence-electron chi connectivity index (χ4n) is 3.45. The van der Waals surface area contributed by atoms with Gasteiger partial charge in [-0.3, -0.25) is 14.5 Å². The predicted octanol–water partition coefficient (Wildman–Crippen LogP) is 0.600. The molecule has 126 valence electrons. The number of fused-ring (bicyclic) bond motifs is 2. The van der Waals surface area contributed by atoms with Gasteiger partial charge in [0.25, 0.3) is 0 Å². The largest absolute Gasteiger partial charge is 0.468 e. The highest BCUT2D eigenvalue weighted by atomic mass is 32.2. The van der Waals surface area contributed by atoms with Gasteiger partial charge in [0.2, 0.25) is 10.0 Å². The lowest BCUT2D eigenvalue weighted by atomic mass is 9.75. The SMILES string of the molecule is COC(=O)C1(c2cncc(NS(C)(=O)=O)n2)CC2CCC(C1)O2. The Bertz CT molecular complexity index is 709. The third kappa shape index (κ3) is 3.16. The molecule has 1 N–H and O–H groups in total. The number of methoxy groups -OCH3 is 1. The molecule has 1 aromatic heterocycles. The van der Waals surface area contributed by atoms with Crippen LogP contribution in [0.3, 0.4) is 0 Å². The second kappa shape index (κ2) is 5.72. The minimum Gasteiger partial charge on any atom is -0.468 e. The summed E-state index contributed by atoms with van der Waals surface area (Å²) in [6, 6.07) is 0. The monoisotopic (exact) mass is 341 g/mol. The van der Waals surface area contributed by atoms with Crippen LogP contribution in [-0.4, -0.2) is 49.9 Å². The fourth-order valence-corrected chi connectivity index (χ4v) is 3.93. The summed E-state index contributed by atoms with van der Waals surface area (Å²) in [5.41, 5.74) is -0.528. The number of anilines is 1. The van der Waals surface area contributed by atoms with Gasteiger partial charge in [0, 0.05) is 6.20 Å². The van der Waals surface area contributed by atoms with E-state index in [9.17, 15) is 13.2 Å². The van der Waals surface area contributed by atoms with Gasteiger partial charge in [-0.05, 0) is 25.7 Å². The molecular weight excluding hydrogens is 322 g/mol. The summed E-state index contributed by atoms with van der Waals surface area (Å²) in [7, 11) is -2.13. The van der Waals surface area contributed by atoms with E-state index in [1.54, 1.807) is 0 Å². The zero-order chi connectivity index (χ0) is 16.7. The Labute approximate surface area is 134 Å². The molecule has 0 amide bonds. The summed E-state index contributed by atoms with van der Waals surface area (Å²) < 4.78 is 35.9. The standard InChI is InChI=1S/C14H19N3O5S/c1-21-13(18)14(5-9-3-4-10(6-14)22-9)11-7-15-8-12(16-11)17-23(2,19)20/h7-10H,3-6H2,1-2H3,(H,16,17). The third-order valence-corrected chi connectivity index (χ3v) is 4.92. The Morgan fingerprint density at radius 2 is 2.00 bits per heavy atom. The van der Waals surface area contributed by atoms with Crippen molar-refractivity contribution in [3.8, 4) is 0 Å². The van der Waals surface area contributed by atoms with E-state index >= 15 is 0 Å². The van der Waals surface area contributed by atoms with E-state index in [1.807, 2.05) is 0 Å². The fraction of sp³-hybridized carbons (Fsp3) is 0.643. The van der Waals surface area contributed by atoms with Gasteiger partial charge in [0.1, 0.15) is 5.41 Å². The molecule has 0 aromatic carbocycles. The zero-order valence-corrected chi connectivity index (χ0v) is 13.8. The molecule has 9 heteroatoms. The van der Waals surface area contributed by atoms with Crippen molar-refractivity contribution in [2.75, 3.05) is 18.1 Å². The molecule has 2 fully saturated rings. The van der Waals surface area contributed by atoms with Crippen LogP contribution in [0.25, 0.3) is 0 Å². The minimum atomic E-state index is -3.47. The normalized spacial score (nSPS) is 30.0. The van der Waals surface area contributed by atoms with Crippen molar-refractivity contribution >= 4 is 21.8 Å². The average Bonchev–Trinajstić information content (AvgIpc) is 2.83. The molecule has 2 bridgehead atoms. The maximum absolute atomic E-state index is 12.5. The number of nitrogens with zero attached hydrogens (tertiary/aromatic N) is 2. The molecule has 23 heavy (non-hydrogen) atoms. The Morgan fingerprint density at radius 1 is 1.35 bits per heavy atom. The quantitative estimate of drug-likeness (QED) is 0.799. The predicted molar refractivity (Wildman–Crippen MR) is 81.3 cm³/mol. The third-order valence-electron chi connectivity index (χ3n) is 4.34. The maximum atomic E-state index is 12.5.